The quantitative estimate of drug-likeness (QED) is 0.131. The van der Waals surface area contributed by atoms with Crippen molar-refractivity contribution in [3.05, 3.63) is 63.7 Å². The van der Waals surface area contributed by atoms with E-state index in [1.165, 1.54) is 23.3 Å². The van der Waals surface area contributed by atoms with Gasteiger partial charge >= 0.3 is 0 Å². The van der Waals surface area contributed by atoms with Gasteiger partial charge in [0.05, 0.1) is 16.4 Å². The molecule has 2 N–H and O–H groups in total. The molecule has 1 heterocycles. The Morgan fingerprint density at radius 3 is 2.59 bits per heavy atom. The number of anilines is 1. The summed E-state index contributed by atoms with van der Waals surface area (Å²) in [5, 5.41) is 17.7. The van der Waals surface area contributed by atoms with E-state index in [-0.39, 0.29) is 40.2 Å². The Morgan fingerprint density at radius 1 is 1.22 bits per heavy atom. The van der Waals surface area contributed by atoms with Gasteiger partial charge in [0.25, 0.3) is 5.69 Å². The molecule has 0 bridgehead atoms. The fourth-order valence-electron chi connectivity index (χ4n) is 3.50. The Morgan fingerprint density at radius 2 is 1.94 bits per heavy atom. The Kier molecular flexibility index (Phi) is 9.25. The molecule has 1 aliphatic rings. The molecule has 0 aliphatic carbocycles. The van der Waals surface area contributed by atoms with E-state index >= 15 is 0 Å². The maximum atomic E-state index is 11.7. The third-order valence-corrected chi connectivity index (χ3v) is 6.16. The predicted molar refractivity (Wildman–Crippen MR) is 137 cm³/mol. The third-order valence-electron chi connectivity index (χ3n) is 5.05. The van der Waals surface area contributed by atoms with Gasteiger partial charge < -0.3 is 15.5 Å². The molecule has 2 aromatic carbocycles. The van der Waals surface area contributed by atoms with Gasteiger partial charge in [-0.15, -0.1) is 24.0 Å². The van der Waals surface area contributed by atoms with Gasteiger partial charge in [-0.2, -0.15) is 0 Å². The number of hydrogen-bond donors (Lipinski definition) is 2. The highest BCUT2D eigenvalue weighted by atomic mass is 127. The van der Waals surface area contributed by atoms with Gasteiger partial charge in [-0.3, -0.25) is 15.1 Å². The molecule has 0 saturated heterocycles. The van der Waals surface area contributed by atoms with E-state index in [4.69, 9.17) is 0 Å². The summed E-state index contributed by atoms with van der Waals surface area (Å²) in [4.78, 5) is 17.6. The number of nitrogens with one attached hydrogen (secondary N) is 2. The van der Waals surface area contributed by atoms with Crippen molar-refractivity contribution in [1.82, 2.24) is 10.2 Å². The smallest absolute Gasteiger partial charge is 0.293 e. The molecule has 9 nitrogen and oxygen atoms in total. The number of hydrogen-bond acceptors (Lipinski definition) is 6. The van der Waals surface area contributed by atoms with Crippen LogP contribution >= 0.6 is 24.0 Å². The first-order chi connectivity index (χ1) is 14.8. The molecule has 0 atom stereocenters. The molecule has 0 fully saturated rings. The first kappa shape index (κ1) is 25.8. The van der Waals surface area contributed by atoms with Crippen LogP contribution in [0.5, 0.6) is 0 Å². The van der Waals surface area contributed by atoms with E-state index < -0.39 is 14.8 Å². The van der Waals surface area contributed by atoms with Gasteiger partial charge in [0.2, 0.25) is 0 Å². The number of aliphatic imine (C=N–C) groups is 1. The standard InChI is InChI=1S/C21H27N5O4S.HI/c1-3-22-21(25-13-10-16-6-4-5-7-17(16)15-25)24-12-11-23-19-9-8-18(31(2,29)30)14-20(19)26(27)28;/h4-9,14,23H,3,10-13,15H2,1-2H3,(H,22,24);1H. The minimum Gasteiger partial charge on any atom is -0.378 e. The lowest BCUT2D eigenvalue weighted by Gasteiger charge is -2.31. The number of guanidine groups is 1. The Balaban J connectivity index is 0.00000363. The van der Waals surface area contributed by atoms with Crippen LogP contribution < -0.4 is 10.6 Å². The lowest BCUT2D eigenvalue weighted by molar-refractivity contribution is -0.384. The van der Waals surface area contributed by atoms with Crippen molar-refractivity contribution in [2.24, 2.45) is 4.99 Å². The highest BCUT2D eigenvalue weighted by Gasteiger charge is 2.20. The van der Waals surface area contributed by atoms with E-state index in [2.05, 4.69) is 38.7 Å². The maximum Gasteiger partial charge on any atom is 0.293 e. The summed E-state index contributed by atoms with van der Waals surface area (Å²) in [7, 11) is -3.52. The van der Waals surface area contributed by atoms with Gasteiger partial charge in [0.1, 0.15) is 5.69 Å². The number of fused-ring (bicyclic) bond motifs is 1. The van der Waals surface area contributed by atoms with Crippen LogP contribution in [0.1, 0.15) is 18.1 Å². The van der Waals surface area contributed by atoms with Crippen LogP contribution in [0.25, 0.3) is 0 Å². The number of nitro groups is 1. The van der Waals surface area contributed by atoms with Crippen LogP contribution in [0.4, 0.5) is 11.4 Å². The van der Waals surface area contributed by atoms with Crippen molar-refractivity contribution in [3.8, 4) is 0 Å². The Bertz CT molecular complexity index is 1090. The van der Waals surface area contributed by atoms with Gasteiger partial charge in [0, 0.05) is 38.5 Å². The summed E-state index contributed by atoms with van der Waals surface area (Å²) in [5.74, 6) is 0.806. The van der Waals surface area contributed by atoms with E-state index in [9.17, 15) is 18.5 Å². The average molecular weight is 573 g/mol. The van der Waals surface area contributed by atoms with Crippen molar-refractivity contribution in [1.29, 1.82) is 0 Å². The van der Waals surface area contributed by atoms with Gasteiger partial charge in [-0.05, 0) is 36.6 Å². The molecule has 2 aromatic rings. The van der Waals surface area contributed by atoms with Crippen LogP contribution in [-0.2, 0) is 22.8 Å². The fraction of sp³-hybridized carbons (Fsp3) is 0.381. The summed E-state index contributed by atoms with van der Waals surface area (Å²) in [6.07, 6.45) is 1.98. The number of halogens is 1. The van der Waals surface area contributed by atoms with Gasteiger partial charge in [0.15, 0.2) is 15.8 Å². The second-order valence-corrected chi connectivity index (χ2v) is 9.33. The number of nitrogens with zero attached hydrogens (tertiary/aromatic N) is 3. The lowest BCUT2D eigenvalue weighted by Crippen LogP contribution is -2.44. The van der Waals surface area contributed by atoms with Crippen LogP contribution in [0.2, 0.25) is 0 Å². The molecule has 0 unspecified atom stereocenters. The summed E-state index contributed by atoms with van der Waals surface area (Å²) < 4.78 is 23.3. The summed E-state index contributed by atoms with van der Waals surface area (Å²) in [6.45, 7) is 5.19. The normalized spacial score (nSPS) is 13.7. The van der Waals surface area contributed by atoms with E-state index in [0.717, 1.165) is 44.3 Å². The highest BCUT2D eigenvalue weighted by molar-refractivity contribution is 14.0. The Hall–Kier alpha value is -2.41. The van der Waals surface area contributed by atoms with Crippen molar-refractivity contribution >= 4 is 51.1 Å². The number of sulfone groups is 1. The summed E-state index contributed by atoms with van der Waals surface area (Å²) in [6, 6.07) is 12.2. The molecule has 32 heavy (non-hydrogen) atoms. The SMILES string of the molecule is CCNC(=NCCNc1ccc(S(C)(=O)=O)cc1[N+](=O)[O-])N1CCc2ccccc2C1.I. The Labute approximate surface area is 205 Å². The fourth-order valence-corrected chi connectivity index (χ4v) is 4.14. The summed E-state index contributed by atoms with van der Waals surface area (Å²) >= 11 is 0. The maximum absolute atomic E-state index is 11.7. The predicted octanol–water partition coefficient (Wildman–Crippen LogP) is 3.05. The van der Waals surface area contributed by atoms with Gasteiger partial charge in [-0.25, -0.2) is 8.42 Å². The molecule has 0 amide bonds. The molecular formula is C21H28IN5O4S. The van der Waals surface area contributed by atoms with E-state index in [1.54, 1.807) is 0 Å². The zero-order chi connectivity index (χ0) is 22.4. The monoisotopic (exact) mass is 573 g/mol. The third kappa shape index (κ3) is 6.55. The minimum absolute atomic E-state index is 0. The second kappa shape index (κ2) is 11.5. The zero-order valence-electron chi connectivity index (χ0n) is 18.1. The lowest BCUT2D eigenvalue weighted by atomic mass is 10.0. The first-order valence-electron chi connectivity index (χ1n) is 10.1. The largest absolute Gasteiger partial charge is 0.378 e. The van der Waals surface area contributed by atoms with Crippen molar-refractivity contribution < 1.29 is 13.3 Å². The van der Waals surface area contributed by atoms with Crippen molar-refractivity contribution in [2.75, 3.05) is 37.8 Å². The van der Waals surface area contributed by atoms with E-state index in [0.29, 0.717) is 13.1 Å². The molecule has 0 saturated carbocycles. The molecular weight excluding hydrogens is 545 g/mol. The molecule has 0 spiro atoms. The van der Waals surface area contributed by atoms with Crippen LogP contribution in [0.3, 0.4) is 0 Å². The van der Waals surface area contributed by atoms with Crippen molar-refractivity contribution in [3.63, 3.8) is 0 Å². The highest BCUT2D eigenvalue weighted by Crippen LogP contribution is 2.27. The zero-order valence-corrected chi connectivity index (χ0v) is 21.2. The molecule has 0 aromatic heterocycles. The van der Waals surface area contributed by atoms with Crippen molar-refractivity contribution in [2.45, 2.75) is 24.8 Å². The molecule has 3 rings (SSSR count). The molecule has 11 heteroatoms. The van der Waals surface area contributed by atoms with Crippen LogP contribution in [-0.4, -0.2) is 56.6 Å². The molecule has 0 radical (unpaired) electrons. The minimum atomic E-state index is -3.52. The second-order valence-electron chi connectivity index (χ2n) is 7.31. The van der Waals surface area contributed by atoms with Gasteiger partial charge in [-0.1, -0.05) is 24.3 Å². The topological polar surface area (TPSA) is 117 Å². The van der Waals surface area contributed by atoms with Crippen LogP contribution in [0.15, 0.2) is 52.4 Å². The average Bonchev–Trinajstić information content (AvgIpc) is 2.74. The van der Waals surface area contributed by atoms with Crippen LogP contribution in [0, 0.1) is 10.1 Å². The number of rotatable bonds is 7. The molecule has 1 aliphatic heterocycles. The number of benzene rings is 2. The number of nitro benzene ring substituents is 1. The van der Waals surface area contributed by atoms with E-state index in [1.807, 2.05) is 13.0 Å². The first-order valence-corrected chi connectivity index (χ1v) is 12.0. The summed E-state index contributed by atoms with van der Waals surface area (Å²) in [5.41, 5.74) is 2.65. The molecule has 174 valence electrons.